The minimum Gasteiger partial charge on any atom is -0.398 e. The van der Waals surface area contributed by atoms with Crippen LogP contribution in [0.5, 0.6) is 0 Å². The number of nitrogens with two attached hydrogens (primary N) is 1. The lowest BCUT2D eigenvalue weighted by Gasteiger charge is -2.22. The van der Waals surface area contributed by atoms with Gasteiger partial charge in [-0.3, -0.25) is 4.79 Å². The standard InChI is InChI=1S/C14H20N2O2/c15-13-4-2-1-3-12(13)9-14(17)16-10-11-5-7-18-8-6-11/h1-4,11H,5-10,15H2,(H,16,17). The van der Waals surface area contributed by atoms with Gasteiger partial charge in [-0.1, -0.05) is 18.2 Å². The Bertz CT molecular complexity index is 401. The number of nitrogens with one attached hydrogen (secondary N) is 1. The highest BCUT2D eigenvalue weighted by atomic mass is 16.5. The maximum atomic E-state index is 11.8. The topological polar surface area (TPSA) is 64.4 Å². The lowest BCUT2D eigenvalue weighted by Crippen LogP contribution is -2.33. The zero-order valence-electron chi connectivity index (χ0n) is 10.5. The summed E-state index contributed by atoms with van der Waals surface area (Å²) in [5.41, 5.74) is 7.38. The van der Waals surface area contributed by atoms with Crippen molar-refractivity contribution in [2.45, 2.75) is 19.3 Å². The van der Waals surface area contributed by atoms with Gasteiger partial charge in [0, 0.05) is 25.4 Å². The number of amides is 1. The first-order valence-corrected chi connectivity index (χ1v) is 6.43. The Morgan fingerprint density at radius 1 is 1.33 bits per heavy atom. The third-order valence-electron chi connectivity index (χ3n) is 3.33. The van der Waals surface area contributed by atoms with Crippen molar-refractivity contribution < 1.29 is 9.53 Å². The van der Waals surface area contributed by atoms with Gasteiger partial charge in [-0.2, -0.15) is 0 Å². The molecule has 0 radical (unpaired) electrons. The van der Waals surface area contributed by atoms with E-state index in [2.05, 4.69) is 5.32 Å². The van der Waals surface area contributed by atoms with Crippen LogP contribution >= 0.6 is 0 Å². The molecule has 4 nitrogen and oxygen atoms in total. The predicted octanol–water partition coefficient (Wildman–Crippen LogP) is 1.35. The van der Waals surface area contributed by atoms with Gasteiger partial charge >= 0.3 is 0 Å². The van der Waals surface area contributed by atoms with Gasteiger partial charge in [0.15, 0.2) is 0 Å². The fraction of sp³-hybridized carbons (Fsp3) is 0.500. The van der Waals surface area contributed by atoms with E-state index >= 15 is 0 Å². The molecule has 2 rings (SSSR count). The molecule has 0 aromatic heterocycles. The molecule has 3 N–H and O–H groups in total. The van der Waals surface area contributed by atoms with Crippen molar-refractivity contribution >= 4 is 11.6 Å². The van der Waals surface area contributed by atoms with Gasteiger partial charge in [0.05, 0.1) is 6.42 Å². The normalized spacial score (nSPS) is 16.4. The van der Waals surface area contributed by atoms with E-state index in [1.807, 2.05) is 24.3 Å². The second kappa shape index (κ2) is 6.40. The maximum Gasteiger partial charge on any atom is 0.224 e. The predicted molar refractivity (Wildman–Crippen MR) is 71.1 cm³/mol. The van der Waals surface area contributed by atoms with Crippen LogP contribution in [-0.4, -0.2) is 25.7 Å². The molecule has 0 unspecified atom stereocenters. The van der Waals surface area contributed by atoms with Crippen LogP contribution in [0.3, 0.4) is 0 Å². The van der Waals surface area contributed by atoms with E-state index < -0.39 is 0 Å². The largest absolute Gasteiger partial charge is 0.398 e. The van der Waals surface area contributed by atoms with Crippen LogP contribution in [0.1, 0.15) is 18.4 Å². The van der Waals surface area contributed by atoms with Crippen molar-refractivity contribution in [3.63, 3.8) is 0 Å². The Morgan fingerprint density at radius 2 is 2.06 bits per heavy atom. The van der Waals surface area contributed by atoms with E-state index in [0.29, 0.717) is 18.0 Å². The Labute approximate surface area is 108 Å². The zero-order chi connectivity index (χ0) is 12.8. The molecule has 1 aromatic rings. The molecule has 1 aliphatic heterocycles. The quantitative estimate of drug-likeness (QED) is 0.791. The molecular formula is C14H20N2O2. The van der Waals surface area contributed by atoms with Crippen LogP contribution in [0.2, 0.25) is 0 Å². The minimum atomic E-state index is 0.0411. The van der Waals surface area contributed by atoms with Gasteiger partial charge < -0.3 is 15.8 Å². The molecule has 1 amide bonds. The highest BCUT2D eigenvalue weighted by molar-refractivity contribution is 5.80. The number of hydrogen-bond donors (Lipinski definition) is 2. The monoisotopic (exact) mass is 248 g/mol. The van der Waals surface area contributed by atoms with Crippen molar-refractivity contribution in [3.05, 3.63) is 29.8 Å². The first-order chi connectivity index (χ1) is 8.75. The highest BCUT2D eigenvalue weighted by Gasteiger charge is 2.14. The maximum absolute atomic E-state index is 11.8. The second-order valence-corrected chi connectivity index (χ2v) is 4.74. The van der Waals surface area contributed by atoms with Gasteiger partial charge in [-0.15, -0.1) is 0 Å². The third-order valence-corrected chi connectivity index (χ3v) is 3.33. The number of para-hydroxylation sites is 1. The summed E-state index contributed by atoms with van der Waals surface area (Å²) in [4.78, 5) is 11.8. The molecule has 1 saturated heterocycles. The van der Waals surface area contributed by atoms with Gasteiger partial charge in [0.1, 0.15) is 0 Å². The zero-order valence-corrected chi connectivity index (χ0v) is 10.5. The number of rotatable bonds is 4. The molecule has 1 heterocycles. The molecule has 0 spiro atoms. The summed E-state index contributed by atoms with van der Waals surface area (Å²) < 4.78 is 5.29. The van der Waals surface area contributed by atoms with Crippen LogP contribution in [0.25, 0.3) is 0 Å². The summed E-state index contributed by atoms with van der Waals surface area (Å²) in [5.74, 6) is 0.593. The molecule has 1 fully saturated rings. The SMILES string of the molecule is Nc1ccccc1CC(=O)NCC1CCOCC1. The average molecular weight is 248 g/mol. The molecule has 98 valence electrons. The third kappa shape index (κ3) is 3.74. The first-order valence-electron chi connectivity index (χ1n) is 6.43. The van der Waals surface area contributed by atoms with Crippen molar-refractivity contribution in [1.29, 1.82) is 0 Å². The Morgan fingerprint density at radius 3 is 2.78 bits per heavy atom. The van der Waals surface area contributed by atoms with Crippen molar-refractivity contribution in [3.8, 4) is 0 Å². The van der Waals surface area contributed by atoms with E-state index in [1.54, 1.807) is 0 Å². The fourth-order valence-electron chi connectivity index (χ4n) is 2.14. The molecule has 1 aliphatic rings. The van der Waals surface area contributed by atoms with E-state index in [9.17, 15) is 4.79 Å². The summed E-state index contributed by atoms with van der Waals surface area (Å²) in [6, 6.07) is 7.49. The number of hydrogen-bond acceptors (Lipinski definition) is 3. The van der Waals surface area contributed by atoms with Crippen LogP contribution in [0.4, 0.5) is 5.69 Å². The van der Waals surface area contributed by atoms with Crippen LogP contribution < -0.4 is 11.1 Å². The van der Waals surface area contributed by atoms with Crippen molar-refractivity contribution in [2.24, 2.45) is 5.92 Å². The summed E-state index contributed by atoms with van der Waals surface area (Å²) in [6.45, 7) is 2.37. The Kier molecular flexibility index (Phi) is 4.59. The number of ether oxygens (including phenoxy) is 1. The van der Waals surface area contributed by atoms with Crippen molar-refractivity contribution in [2.75, 3.05) is 25.5 Å². The van der Waals surface area contributed by atoms with Crippen LogP contribution in [0, 0.1) is 5.92 Å². The molecule has 0 atom stereocenters. The molecule has 1 aromatic carbocycles. The second-order valence-electron chi connectivity index (χ2n) is 4.74. The summed E-state index contributed by atoms with van der Waals surface area (Å²) in [7, 11) is 0. The molecular weight excluding hydrogens is 228 g/mol. The van der Waals surface area contributed by atoms with Gasteiger partial charge in [0.2, 0.25) is 5.91 Å². The lowest BCUT2D eigenvalue weighted by atomic mass is 10.0. The van der Waals surface area contributed by atoms with E-state index in [-0.39, 0.29) is 5.91 Å². The van der Waals surface area contributed by atoms with Crippen LogP contribution in [0.15, 0.2) is 24.3 Å². The minimum absolute atomic E-state index is 0.0411. The van der Waals surface area contributed by atoms with Gasteiger partial charge in [0.25, 0.3) is 0 Å². The molecule has 0 bridgehead atoms. The number of nitrogen functional groups attached to an aromatic ring is 1. The summed E-state index contributed by atoms with van der Waals surface area (Å²) >= 11 is 0. The number of anilines is 1. The smallest absolute Gasteiger partial charge is 0.224 e. The van der Waals surface area contributed by atoms with Gasteiger partial charge in [-0.25, -0.2) is 0 Å². The average Bonchev–Trinajstić information content (AvgIpc) is 2.40. The number of benzene rings is 1. The van der Waals surface area contributed by atoms with E-state index in [0.717, 1.165) is 38.2 Å². The first kappa shape index (κ1) is 12.9. The lowest BCUT2D eigenvalue weighted by molar-refractivity contribution is -0.120. The Balaban J connectivity index is 1.76. The van der Waals surface area contributed by atoms with Crippen LogP contribution in [-0.2, 0) is 16.0 Å². The van der Waals surface area contributed by atoms with E-state index in [4.69, 9.17) is 10.5 Å². The summed E-state index contributed by atoms with van der Waals surface area (Å²) in [5, 5.41) is 2.98. The molecule has 18 heavy (non-hydrogen) atoms. The molecule has 4 heteroatoms. The van der Waals surface area contributed by atoms with Crippen molar-refractivity contribution in [1.82, 2.24) is 5.32 Å². The molecule has 0 saturated carbocycles. The highest BCUT2D eigenvalue weighted by Crippen LogP contribution is 2.14. The summed E-state index contributed by atoms with van der Waals surface area (Å²) in [6.07, 6.45) is 2.43. The molecule has 0 aliphatic carbocycles. The number of carbonyl (C=O) groups is 1. The number of carbonyl (C=O) groups excluding carboxylic acids is 1. The fourth-order valence-corrected chi connectivity index (χ4v) is 2.14. The van der Waals surface area contributed by atoms with E-state index in [1.165, 1.54) is 0 Å². The van der Waals surface area contributed by atoms with Gasteiger partial charge in [-0.05, 0) is 30.4 Å². The Hall–Kier alpha value is -1.55.